The van der Waals surface area contributed by atoms with Crippen molar-refractivity contribution in [2.45, 2.75) is 0 Å². The number of rotatable bonds is 4. The topological polar surface area (TPSA) is 20.2 Å². The van der Waals surface area contributed by atoms with Crippen LogP contribution < -0.4 is 0 Å². The van der Waals surface area contributed by atoms with Gasteiger partial charge in [-0.25, -0.2) is 0 Å². The van der Waals surface area contributed by atoms with Gasteiger partial charge in [0.1, 0.15) is 4.49 Å². The largest absolute Gasteiger partial charge is 0.396 e. The normalized spacial score (nSPS) is 12.5. The van der Waals surface area contributed by atoms with Crippen LogP contribution >= 0.6 is 69.8 Å². The molecule has 0 aromatic carbocycles. The molecule has 0 rings (SSSR count). The van der Waals surface area contributed by atoms with Crippen molar-refractivity contribution in [2.24, 2.45) is 0 Å². The maximum atomic E-state index is 8.50. The maximum absolute atomic E-state index is 8.50. The van der Waals surface area contributed by atoms with E-state index in [1.54, 1.807) is 0 Å². The SMILES string of the molecule is OCCSC(Cl)=C(Cl)C(Cl)=C(Cl)Cl. The fourth-order valence-electron chi connectivity index (χ4n) is 0.368. The van der Waals surface area contributed by atoms with Crippen molar-refractivity contribution in [1.82, 2.24) is 0 Å². The molecule has 0 bridgehead atoms. The zero-order valence-electron chi connectivity index (χ0n) is 6.16. The van der Waals surface area contributed by atoms with Crippen LogP contribution in [0.25, 0.3) is 0 Å². The van der Waals surface area contributed by atoms with Crippen molar-refractivity contribution in [2.75, 3.05) is 12.4 Å². The summed E-state index contributed by atoms with van der Waals surface area (Å²) >= 11 is 28.9. The molecule has 0 unspecified atom stereocenters. The van der Waals surface area contributed by atoms with Crippen molar-refractivity contribution in [3.8, 4) is 0 Å². The highest BCUT2D eigenvalue weighted by molar-refractivity contribution is 8.04. The van der Waals surface area contributed by atoms with E-state index in [0.717, 1.165) is 11.8 Å². The van der Waals surface area contributed by atoms with Crippen LogP contribution in [0.5, 0.6) is 0 Å². The Bertz CT molecular complexity index is 233. The zero-order chi connectivity index (χ0) is 10.4. The molecule has 1 nitrogen and oxygen atoms in total. The second-order valence-electron chi connectivity index (χ2n) is 1.73. The molecule has 0 atom stereocenters. The van der Waals surface area contributed by atoms with Gasteiger partial charge in [-0.2, -0.15) is 0 Å². The van der Waals surface area contributed by atoms with Gasteiger partial charge in [-0.05, 0) is 0 Å². The first kappa shape index (κ1) is 14.2. The van der Waals surface area contributed by atoms with E-state index in [2.05, 4.69) is 0 Å². The molecular formula is C6H5Cl5OS. The van der Waals surface area contributed by atoms with Gasteiger partial charge in [0.25, 0.3) is 0 Å². The average Bonchev–Trinajstić information content (AvgIpc) is 2.11. The Labute approximate surface area is 106 Å². The minimum atomic E-state index is -0.144. The van der Waals surface area contributed by atoms with Crippen molar-refractivity contribution in [1.29, 1.82) is 0 Å². The van der Waals surface area contributed by atoms with Crippen LogP contribution in [0.3, 0.4) is 0 Å². The molecule has 0 saturated heterocycles. The van der Waals surface area contributed by atoms with E-state index >= 15 is 0 Å². The summed E-state index contributed by atoms with van der Waals surface area (Å²) < 4.78 is 0.105. The van der Waals surface area contributed by atoms with E-state index < -0.39 is 0 Å². The summed E-state index contributed by atoms with van der Waals surface area (Å²) in [6.45, 7) is 0.000988. The Morgan fingerprint density at radius 2 is 1.54 bits per heavy atom. The predicted octanol–water partition coefficient (Wildman–Crippen LogP) is 4.24. The van der Waals surface area contributed by atoms with Crippen LogP contribution in [-0.4, -0.2) is 17.5 Å². The molecule has 76 valence electrons. The third kappa shape index (κ3) is 5.63. The Balaban J connectivity index is 4.52. The first-order valence-electron chi connectivity index (χ1n) is 3.00. The van der Waals surface area contributed by atoms with E-state index in [1.165, 1.54) is 0 Å². The van der Waals surface area contributed by atoms with Gasteiger partial charge >= 0.3 is 0 Å². The average molecular weight is 302 g/mol. The molecule has 0 saturated carbocycles. The standard InChI is InChI=1S/C6H5Cl5OS/c7-3(5(9)10)4(8)6(11)13-2-1-12/h12H,1-2H2. The third-order valence-corrected chi connectivity index (χ3v) is 3.84. The summed E-state index contributed by atoms with van der Waals surface area (Å²) in [4.78, 5) is 0. The Hall–Kier alpha value is 1.24. The summed E-state index contributed by atoms with van der Waals surface area (Å²) in [5.74, 6) is 0.430. The van der Waals surface area contributed by atoms with E-state index in [1.807, 2.05) is 0 Å². The van der Waals surface area contributed by atoms with Crippen molar-refractivity contribution >= 4 is 69.8 Å². The van der Waals surface area contributed by atoms with Gasteiger partial charge < -0.3 is 5.11 Å². The highest BCUT2D eigenvalue weighted by atomic mass is 35.5. The second-order valence-corrected chi connectivity index (χ2v) is 5.15. The number of hydrogen-bond acceptors (Lipinski definition) is 2. The van der Waals surface area contributed by atoms with Gasteiger partial charge in [-0.15, -0.1) is 11.8 Å². The molecule has 0 fully saturated rings. The van der Waals surface area contributed by atoms with Crippen LogP contribution in [0.2, 0.25) is 0 Å². The number of aliphatic hydroxyl groups is 1. The molecule has 0 aliphatic heterocycles. The van der Waals surface area contributed by atoms with Crippen molar-refractivity contribution in [3.05, 3.63) is 18.9 Å². The molecule has 0 radical (unpaired) electrons. The molecule has 0 heterocycles. The lowest BCUT2D eigenvalue weighted by molar-refractivity contribution is 0.322. The Morgan fingerprint density at radius 3 is 1.92 bits per heavy atom. The lowest BCUT2D eigenvalue weighted by Gasteiger charge is -2.01. The molecule has 0 amide bonds. The lowest BCUT2D eigenvalue weighted by Crippen LogP contribution is -1.86. The van der Waals surface area contributed by atoms with Crippen LogP contribution in [0, 0.1) is 0 Å². The quantitative estimate of drug-likeness (QED) is 0.784. The lowest BCUT2D eigenvalue weighted by atomic mass is 10.6. The van der Waals surface area contributed by atoms with Gasteiger partial charge in [0.2, 0.25) is 0 Å². The molecule has 1 N–H and O–H groups in total. The summed E-state index contributed by atoms with van der Waals surface area (Å²) in [6.07, 6.45) is 0. The monoisotopic (exact) mass is 300 g/mol. The van der Waals surface area contributed by atoms with E-state index in [4.69, 9.17) is 63.1 Å². The summed E-state index contributed by atoms with van der Waals surface area (Å²) in [6, 6.07) is 0. The van der Waals surface area contributed by atoms with Crippen LogP contribution in [0.1, 0.15) is 0 Å². The minimum Gasteiger partial charge on any atom is -0.396 e. The zero-order valence-corrected chi connectivity index (χ0v) is 10.8. The van der Waals surface area contributed by atoms with Crippen molar-refractivity contribution < 1.29 is 5.11 Å². The van der Waals surface area contributed by atoms with E-state index in [-0.39, 0.29) is 25.5 Å². The molecular weight excluding hydrogens is 297 g/mol. The highest BCUT2D eigenvalue weighted by Crippen LogP contribution is 2.35. The van der Waals surface area contributed by atoms with Crippen LogP contribution in [0.15, 0.2) is 18.9 Å². The number of aliphatic hydroxyl groups excluding tert-OH is 1. The first-order valence-corrected chi connectivity index (χ1v) is 5.88. The molecule has 0 spiro atoms. The number of halogens is 5. The Kier molecular flexibility index (Phi) is 8.24. The van der Waals surface area contributed by atoms with E-state index in [9.17, 15) is 0 Å². The molecule has 13 heavy (non-hydrogen) atoms. The molecule has 7 heteroatoms. The maximum Gasteiger partial charge on any atom is 0.127 e. The fraction of sp³-hybridized carbons (Fsp3) is 0.333. The first-order chi connectivity index (χ1) is 6.00. The molecule has 0 aromatic rings. The predicted molar refractivity (Wildman–Crippen MR) is 62.9 cm³/mol. The molecule has 0 aromatic heterocycles. The van der Waals surface area contributed by atoms with Gasteiger partial charge in [-0.1, -0.05) is 58.0 Å². The van der Waals surface area contributed by atoms with Gasteiger partial charge in [0.15, 0.2) is 0 Å². The van der Waals surface area contributed by atoms with Crippen molar-refractivity contribution in [3.63, 3.8) is 0 Å². The highest BCUT2D eigenvalue weighted by Gasteiger charge is 2.09. The summed E-state index contributed by atoms with van der Waals surface area (Å²) in [5, 5.41) is 8.59. The molecule has 0 aliphatic rings. The second kappa shape index (κ2) is 7.52. The van der Waals surface area contributed by atoms with E-state index in [0.29, 0.717) is 5.75 Å². The number of hydrogen-bond donors (Lipinski definition) is 1. The fourth-order valence-corrected chi connectivity index (χ4v) is 1.94. The van der Waals surface area contributed by atoms with Gasteiger partial charge in [0.05, 0.1) is 21.0 Å². The number of thioether (sulfide) groups is 1. The van der Waals surface area contributed by atoms with Crippen LogP contribution in [-0.2, 0) is 0 Å². The molecule has 0 aliphatic carbocycles. The minimum absolute atomic E-state index is 0.000407. The summed E-state index contributed by atoms with van der Waals surface area (Å²) in [5.41, 5.74) is 0. The third-order valence-electron chi connectivity index (χ3n) is 0.851. The number of allylic oxidation sites excluding steroid dienone is 2. The van der Waals surface area contributed by atoms with Gasteiger partial charge in [0, 0.05) is 5.75 Å². The van der Waals surface area contributed by atoms with Crippen LogP contribution in [0.4, 0.5) is 0 Å². The van der Waals surface area contributed by atoms with Gasteiger partial charge in [-0.3, -0.25) is 0 Å². The smallest absolute Gasteiger partial charge is 0.127 e. The Morgan fingerprint density at radius 1 is 1.00 bits per heavy atom. The summed E-state index contributed by atoms with van der Waals surface area (Å²) in [7, 11) is 0.